The second kappa shape index (κ2) is 12.5. The van der Waals surface area contributed by atoms with Gasteiger partial charge in [0.05, 0.1) is 22.1 Å². The Kier molecular flexibility index (Phi) is 9.18. The van der Waals surface area contributed by atoms with E-state index in [4.69, 9.17) is 0 Å². The molecule has 0 aliphatic heterocycles. The summed E-state index contributed by atoms with van der Waals surface area (Å²) in [6, 6.07) is 25.1. The van der Waals surface area contributed by atoms with E-state index in [1.165, 1.54) is 6.42 Å². The third kappa shape index (κ3) is 6.79. The molecule has 2 aromatic heterocycles. The van der Waals surface area contributed by atoms with Gasteiger partial charge in [0, 0.05) is 19.0 Å². The van der Waals surface area contributed by atoms with Crippen LogP contribution in [0.5, 0.6) is 0 Å². The zero-order valence-electron chi connectivity index (χ0n) is 21.2. The molecule has 6 nitrogen and oxygen atoms in total. The molecule has 1 amide bonds. The number of hydrogen-bond donors (Lipinski definition) is 2. The molecular formula is C29H35N5O. The van der Waals surface area contributed by atoms with E-state index in [0.29, 0.717) is 11.5 Å². The van der Waals surface area contributed by atoms with Crippen LogP contribution in [0, 0.1) is 5.92 Å². The molecule has 2 N–H and O–H groups in total. The van der Waals surface area contributed by atoms with Crippen LogP contribution >= 0.6 is 0 Å². The van der Waals surface area contributed by atoms with Crippen molar-refractivity contribution in [1.29, 1.82) is 0 Å². The van der Waals surface area contributed by atoms with Crippen molar-refractivity contribution in [1.82, 2.24) is 19.5 Å². The molecule has 0 unspecified atom stereocenters. The standard InChI is InChI=1S/C15H13N3O.C12H16N2.C2H6/c1-18-13-10-6-5-9-12(13)16-15(18)17-14(19)11-7-3-2-4-8-11;1-9(2)7-8-12-13-10-5-3-4-6-11(10)14-12;1-2/h2-10H,1H3,(H,16,17,19);3-6,9H,7-8H2,1-2H3,(H,13,14);1-2H3. The fourth-order valence-electron chi connectivity index (χ4n) is 3.57. The number of aromatic amines is 1. The Bertz CT molecular complexity index is 1320. The maximum atomic E-state index is 12.1. The number of carbonyl (C=O) groups is 1. The SMILES string of the molecule is CC.CC(C)CCc1nc2ccccc2[nH]1.Cn1c(NC(=O)c2ccccc2)nc2ccccc21. The van der Waals surface area contributed by atoms with Gasteiger partial charge in [0.1, 0.15) is 5.82 Å². The summed E-state index contributed by atoms with van der Waals surface area (Å²) >= 11 is 0. The van der Waals surface area contributed by atoms with Gasteiger partial charge in [-0.1, -0.05) is 70.2 Å². The minimum atomic E-state index is -0.154. The molecule has 0 aliphatic carbocycles. The smallest absolute Gasteiger partial charge is 0.257 e. The molecule has 2 heterocycles. The number of fused-ring (bicyclic) bond motifs is 2. The predicted octanol–water partition coefficient (Wildman–Crippen LogP) is 7.00. The summed E-state index contributed by atoms with van der Waals surface area (Å²) in [5.74, 6) is 2.25. The number of nitrogens with one attached hydrogen (secondary N) is 2. The molecule has 0 saturated heterocycles. The topological polar surface area (TPSA) is 75.6 Å². The van der Waals surface area contributed by atoms with Crippen molar-refractivity contribution < 1.29 is 4.79 Å². The number of rotatable bonds is 5. The van der Waals surface area contributed by atoms with Crippen molar-refractivity contribution in [3.8, 4) is 0 Å². The highest BCUT2D eigenvalue weighted by Crippen LogP contribution is 2.18. The van der Waals surface area contributed by atoms with Crippen LogP contribution in [0.4, 0.5) is 5.95 Å². The van der Waals surface area contributed by atoms with Crippen LogP contribution in [0.25, 0.3) is 22.1 Å². The van der Waals surface area contributed by atoms with E-state index in [9.17, 15) is 4.79 Å². The summed E-state index contributed by atoms with van der Waals surface area (Å²) in [6.07, 6.45) is 2.24. The van der Waals surface area contributed by atoms with Crippen molar-refractivity contribution in [2.24, 2.45) is 13.0 Å². The van der Waals surface area contributed by atoms with Crippen LogP contribution in [-0.4, -0.2) is 25.4 Å². The van der Waals surface area contributed by atoms with Crippen molar-refractivity contribution in [3.63, 3.8) is 0 Å². The van der Waals surface area contributed by atoms with E-state index in [-0.39, 0.29) is 5.91 Å². The van der Waals surface area contributed by atoms with Gasteiger partial charge in [-0.25, -0.2) is 9.97 Å². The second-order valence-electron chi connectivity index (χ2n) is 8.44. The van der Waals surface area contributed by atoms with Crippen LogP contribution in [0.2, 0.25) is 0 Å². The molecule has 6 heteroatoms. The number of carbonyl (C=O) groups excluding carboxylic acids is 1. The summed E-state index contributed by atoms with van der Waals surface area (Å²) in [7, 11) is 1.88. The van der Waals surface area contributed by atoms with Gasteiger partial charge >= 0.3 is 0 Å². The first kappa shape index (κ1) is 25.7. The van der Waals surface area contributed by atoms with Crippen molar-refractivity contribution >= 4 is 33.9 Å². The lowest BCUT2D eigenvalue weighted by Gasteiger charge is -2.04. The van der Waals surface area contributed by atoms with E-state index in [0.717, 1.165) is 40.2 Å². The van der Waals surface area contributed by atoms with Crippen LogP contribution in [0.1, 0.15) is 50.3 Å². The van der Waals surface area contributed by atoms with Crippen LogP contribution < -0.4 is 5.32 Å². The molecule has 5 rings (SSSR count). The number of anilines is 1. The van der Waals surface area contributed by atoms with Crippen molar-refractivity contribution in [3.05, 3.63) is 90.3 Å². The molecule has 0 saturated carbocycles. The molecule has 0 aliphatic rings. The van der Waals surface area contributed by atoms with E-state index >= 15 is 0 Å². The number of para-hydroxylation sites is 4. The number of amides is 1. The first-order valence-electron chi connectivity index (χ1n) is 12.2. The second-order valence-corrected chi connectivity index (χ2v) is 8.44. The number of nitrogens with zero attached hydrogens (tertiary/aromatic N) is 3. The molecular weight excluding hydrogens is 434 g/mol. The highest BCUT2D eigenvalue weighted by molar-refractivity contribution is 6.04. The predicted molar refractivity (Wildman–Crippen MR) is 146 cm³/mol. The fraction of sp³-hybridized carbons (Fsp3) is 0.276. The van der Waals surface area contributed by atoms with Crippen LogP contribution in [0.3, 0.4) is 0 Å². The number of imidazole rings is 2. The zero-order chi connectivity index (χ0) is 25.2. The van der Waals surface area contributed by atoms with E-state index in [1.54, 1.807) is 12.1 Å². The normalized spacial score (nSPS) is 10.5. The first-order chi connectivity index (χ1) is 17.0. The molecule has 3 aromatic carbocycles. The number of H-pyrrole nitrogens is 1. The average Bonchev–Trinajstić information content (AvgIpc) is 3.45. The van der Waals surface area contributed by atoms with E-state index in [2.05, 4.69) is 40.2 Å². The Labute approximate surface area is 207 Å². The number of aryl methyl sites for hydroxylation is 2. The van der Waals surface area contributed by atoms with Gasteiger partial charge in [0.25, 0.3) is 5.91 Å². The van der Waals surface area contributed by atoms with E-state index in [1.807, 2.05) is 86.1 Å². The maximum absolute atomic E-state index is 12.1. The Morgan fingerprint density at radius 3 is 2.17 bits per heavy atom. The molecule has 0 atom stereocenters. The number of aromatic nitrogens is 4. The van der Waals surface area contributed by atoms with E-state index < -0.39 is 0 Å². The molecule has 0 fully saturated rings. The van der Waals surface area contributed by atoms with Gasteiger partial charge in [-0.15, -0.1) is 0 Å². The molecule has 0 radical (unpaired) electrons. The minimum Gasteiger partial charge on any atom is -0.342 e. The quantitative estimate of drug-likeness (QED) is 0.291. The summed E-state index contributed by atoms with van der Waals surface area (Å²) < 4.78 is 1.87. The van der Waals surface area contributed by atoms with Gasteiger partial charge < -0.3 is 9.55 Å². The molecule has 182 valence electrons. The number of hydrogen-bond acceptors (Lipinski definition) is 3. The number of benzene rings is 3. The lowest BCUT2D eigenvalue weighted by molar-refractivity contribution is 0.102. The zero-order valence-corrected chi connectivity index (χ0v) is 21.2. The maximum Gasteiger partial charge on any atom is 0.257 e. The van der Waals surface area contributed by atoms with Crippen molar-refractivity contribution in [2.75, 3.05) is 5.32 Å². The minimum absolute atomic E-state index is 0.154. The summed E-state index contributed by atoms with van der Waals surface area (Å²) in [5, 5.41) is 2.83. The third-order valence-electron chi connectivity index (χ3n) is 5.45. The molecule has 5 aromatic rings. The fourth-order valence-corrected chi connectivity index (χ4v) is 3.57. The highest BCUT2D eigenvalue weighted by Gasteiger charge is 2.11. The lowest BCUT2D eigenvalue weighted by atomic mass is 10.1. The molecule has 35 heavy (non-hydrogen) atoms. The van der Waals surface area contributed by atoms with Gasteiger partial charge in [-0.2, -0.15) is 0 Å². The average molecular weight is 470 g/mol. The van der Waals surface area contributed by atoms with Crippen LogP contribution in [0.15, 0.2) is 78.9 Å². The highest BCUT2D eigenvalue weighted by atomic mass is 16.1. The third-order valence-corrected chi connectivity index (χ3v) is 5.45. The monoisotopic (exact) mass is 469 g/mol. The van der Waals surface area contributed by atoms with Gasteiger partial charge in [-0.3, -0.25) is 10.1 Å². The lowest BCUT2D eigenvalue weighted by Crippen LogP contribution is -2.14. The van der Waals surface area contributed by atoms with Crippen molar-refractivity contribution in [2.45, 2.75) is 40.5 Å². The summed E-state index contributed by atoms with van der Waals surface area (Å²) in [6.45, 7) is 8.48. The summed E-state index contributed by atoms with van der Waals surface area (Å²) in [4.78, 5) is 24.4. The molecule has 0 bridgehead atoms. The van der Waals surface area contributed by atoms with Gasteiger partial charge in [-0.05, 0) is 48.7 Å². The first-order valence-corrected chi connectivity index (χ1v) is 12.2. The largest absolute Gasteiger partial charge is 0.342 e. The van der Waals surface area contributed by atoms with Gasteiger partial charge in [0.15, 0.2) is 0 Å². The van der Waals surface area contributed by atoms with Gasteiger partial charge in [0.2, 0.25) is 5.95 Å². The van der Waals surface area contributed by atoms with Crippen LogP contribution in [-0.2, 0) is 13.5 Å². The summed E-state index contributed by atoms with van der Waals surface area (Å²) in [5.41, 5.74) is 4.70. The Hall–Kier alpha value is -3.93. The Balaban J connectivity index is 0.000000190. The molecule has 0 spiro atoms. The Morgan fingerprint density at radius 2 is 1.51 bits per heavy atom. The Morgan fingerprint density at radius 1 is 0.886 bits per heavy atom.